The van der Waals surface area contributed by atoms with Crippen molar-refractivity contribution in [2.45, 2.75) is 69.9 Å². The monoisotopic (exact) mass is 380 g/mol. The van der Waals surface area contributed by atoms with Crippen LogP contribution in [0.5, 0.6) is 0 Å². The molecule has 0 N–H and O–H groups in total. The van der Waals surface area contributed by atoms with Gasteiger partial charge in [0.15, 0.2) is 0 Å². The topological polar surface area (TPSA) is 9.23 Å². The molecular formula is C23H32OSi2. The van der Waals surface area contributed by atoms with E-state index in [1.54, 1.807) is 10.8 Å². The molecule has 2 aromatic carbocycles. The zero-order chi connectivity index (χ0) is 18.9. The van der Waals surface area contributed by atoms with Gasteiger partial charge >= 0.3 is 0 Å². The first-order valence-corrected chi connectivity index (χ1v) is 17.0. The third kappa shape index (κ3) is 2.76. The lowest BCUT2D eigenvalue weighted by Crippen LogP contribution is -2.44. The zero-order valence-corrected chi connectivity index (χ0v) is 19.3. The Bertz CT molecular complexity index is 844. The van der Waals surface area contributed by atoms with Gasteiger partial charge in [0.25, 0.3) is 0 Å². The highest BCUT2D eigenvalue weighted by Gasteiger charge is 2.57. The number of hydrogen-bond donors (Lipinski definition) is 0. The van der Waals surface area contributed by atoms with Crippen LogP contribution in [0.2, 0.25) is 44.8 Å². The van der Waals surface area contributed by atoms with Crippen molar-refractivity contribution in [3.05, 3.63) is 64.7 Å². The zero-order valence-electron chi connectivity index (χ0n) is 17.3. The lowest BCUT2D eigenvalue weighted by atomic mass is 9.79. The van der Waals surface area contributed by atoms with Crippen molar-refractivity contribution in [1.82, 2.24) is 0 Å². The molecule has 0 amide bonds. The molecule has 4 rings (SSSR count). The van der Waals surface area contributed by atoms with Crippen LogP contribution in [0.15, 0.2) is 42.5 Å². The molecule has 0 aliphatic carbocycles. The van der Waals surface area contributed by atoms with E-state index in [1.165, 1.54) is 16.7 Å². The van der Waals surface area contributed by atoms with Crippen LogP contribution in [0.1, 0.15) is 40.4 Å². The lowest BCUT2D eigenvalue weighted by Gasteiger charge is -2.39. The predicted octanol–water partition coefficient (Wildman–Crippen LogP) is 6.16. The average Bonchev–Trinajstić information content (AvgIpc) is 3.10. The molecule has 2 heterocycles. The van der Waals surface area contributed by atoms with Crippen LogP contribution in [0.4, 0.5) is 0 Å². The van der Waals surface area contributed by atoms with Gasteiger partial charge in [-0.2, -0.15) is 0 Å². The van der Waals surface area contributed by atoms with Gasteiger partial charge in [-0.3, -0.25) is 0 Å². The van der Waals surface area contributed by atoms with Crippen LogP contribution in [-0.2, 0) is 4.74 Å². The maximum absolute atomic E-state index is 6.71. The molecule has 2 bridgehead atoms. The normalized spacial score (nSPS) is 27.7. The standard InChI is InChI=1S/C23H32OSi2/c1-15-12-13-19(25(2,3)4)18(14-15)20-21-16-10-8-9-11-17(16)22(24-21)23(20)26(5,6)7/h8-14,20-23H,1-7H3/t20-,21-,22+,23-/m0/s1. The highest BCUT2D eigenvalue weighted by Crippen LogP contribution is 2.66. The van der Waals surface area contributed by atoms with Gasteiger partial charge in [-0.05, 0) is 29.2 Å². The van der Waals surface area contributed by atoms with Crippen LogP contribution >= 0.6 is 0 Å². The van der Waals surface area contributed by atoms with Gasteiger partial charge < -0.3 is 4.74 Å². The van der Waals surface area contributed by atoms with Crippen molar-refractivity contribution in [2.75, 3.05) is 0 Å². The minimum absolute atomic E-state index is 0.241. The van der Waals surface area contributed by atoms with Crippen molar-refractivity contribution in [1.29, 1.82) is 0 Å². The van der Waals surface area contributed by atoms with Crippen LogP contribution in [0.3, 0.4) is 0 Å². The number of fused-ring (bicyclic) bond motifs is 5. The first kappa shape index (κ1) is 18.2. The summed E-state index contributed by atoms with van der Waals surface area (Å²) in [6, 6.07) is 16.2. The molecule has 26 heavy (non-hydrogen) atoms. The summed E-state index contributed by atoms with van der Waals surface area (Å²) >= 11 is 0. The van der Waals surface area contributed by atoms with Gasteiger partial charge in [0.1, 0.15) is 0 Å². The number of rotatable bonds is 3. The SMILES string of the molecule is Cc1ccc([Si](C)(C)C)c([C@@H]2[C@H]([Si](C)(C)C)[C@@H]3O[C@H]2c2ccccc23)c1. The second-order valence-corrected chi connectivity index (χ2v) is 20.8. The smallest absolute Gasteiger partial charge is 0.0906 e. The first-order chi connectivity index (χ1) is 12.1. The molecule has 3 heteroatoms. The van der Waals surface area contributed by atoms with Crippen molar-refractivity contribution in [3.63, 3.8) is 0 Å². The summed E-state index contributed by atoms with van der Waals surface area (Å²) in [5.74, 6) is 0.517. The summed E-state index contributed by atoms with van der Waals surface area (Å²) in [6.07, 6.45) is 0.535. The molecule has 1 fully saturated rings. The van der Waals surface area contributed by atoms with Crippen molar-refractivity contribution in [2.24, 2.45) is 0 Å². The van der Waals surface area contributed by atoms with E-state index in [1.807, 2.05) is 0 Å². The Morgan fingerprint density at radius 1 is 0.769 bits per heavy atom. The molecule has 1 nitrogen and oxygen atoms in total. The van der Waals surface area contributed by atoms with Crippen LogP contribution in [-0.4, -0.2) is 16.1 Å². The maximum atomic E-state index is 6.71. The van der Waals surface area contributed by atoms with E-state index in [0.717, 1.165) is 0 Å². The Morgan fingerprint density at radius 3 is 1.96 bits per heavy atom. The van der Waals surface area contributed by atoms with E-state index in [9.17, 15) is 0 Å². The molecule has 1 saturated heterocycles. The summed E-state index contributed by atoms with van der Waals surface area (Å²) in [5.41, 5.74) is 6.54. The summed E-state index contributed by atoms with van der Waals surface area (Å²) < 4.78 is 6.71. The molecule has 0 radical (unpaired) electrons. The third-order valence-corrected chi connectivity index (χ3v) is 11.0. The van der Waals surface area contributed by atoms with Gasteiger partial charge in [-0.25, -0.2) is 0 Å². The van der Waals surface area contributed by atoms with E-state index in [2.05, 4.69) is 88.7 Å². The van der Waals surface area contributed by atoms with Crippen LogP contribution in [0.25, 0.3) is 0 Å². The first-order valence-electron chi connectivity index (χ1n) is 9.94. The van der Waals surface area contributed by atoms with E-state index in [4.69, 9.17) is 4.74 Å². The Hall–Kier alpha value is -1.17. The van der Waals surface area contributed by atoms with Gasteiger partial charge in [0.05, 0.1) is 28.4 Å². The third-order valence-electron chi connectivity index (χ3n) is 6.32. The van der Waals surface area contributed by atoms with Crippen molar-refractivity contribution >= 4 is 21.3 Å². The molecule has 2 aromatic rings. The highest BCUT2D eigenvalue weighted by atomic mass is 28.3. The van der Waals surface area contributed by atoms with Crippen LogP contribution < -0.4 is 5.19 Å². The fraction of sp³-hybridized carbons (Fsp3) is 0.478. The quantitative estimate of drug-likeness (QED) is 0.580. The number of aryl methyl sites for hydroxylation is 1. The Kier molecular flexibility index (Phi) is 4.14. The van der Waals surface area contributed by atoms with Gasteiger partial charge in [-0.1, -0.05) is 92.5 Å². The molecule has 0 saturated carbocycles. The van der Waals surface area contributed by atoms with E-state index >= 15 is 0 Å². The molecule has 4 atom stereocenters. The largest absolute Gasteiger partial charge is 0.365 e. The minimum atomic E-state index is -1.42. The fourth-order valence-corrected chi connectivity index (χ4v) is 9.54. The number of benzene rings is 2. The van der Waals surface area contributed by atoms with Gasteiger partial charge in [-0.15, -0.1) is 0 Å². The van der Waals surface area contributed by atoms with Crippen molar-refractivity contribution in [3.8, 4) is 0 Å². The number of ether oxygens (including phenoxy) is 1. The van der Waals surface area contributed by atoms with E-state index < -0.39 is 16.1 Å². The highest BCUT2D eigenvalue weighted by molar-refractivity contribution is 6.89. The molecule has 2 aliphatic heterocycles. The van der Waals surface area contributed by atoms with E-state index in [-0.39, 0.29) is 6.10 Å². The Labute approximate surface area is 160 Å². The average molecular weight is 381 g/mol. The maximum Gasteiger partial charge on any atom is 0.0906 e. The Morgan fingerprint density at radius 2 is 1.38 bits per heavy atom. The summed E-state index contributed by atoms with van der Waals surface area (Å²) in [7, 11) is -2.82. The predicted molar refractivity (Wildman–Crippen MR) is 117 cm³/mol. The lowest BCUT2D eigenvalue weighted by molar-refractivity contribution is 0.0672. The molecule has 0 aromatic heterocycles. The molecular weight excluding hydrogens is 348 g/mol. The van der Waals surface area contributed by atoms with Gasteiger partial charge in [0.2, 0.25) is 0 Å². The molecule has 138 valence electrons. The minimum Gasteiger partial charge on any atom is -0.365 e. The second-order valence-electron chi connectivity index (χ2n) is 10.4. The summed E-state index contributed by atoms with van der Waals surface area (Å²) in [4.78, 5) is 0. The second kappa shape index (κ2) is 5.92. The summed E-state index contributed by atoms with van der Waals surface area (Å²) in [6.45, 7) is 17.3. The van der Waals surface area contributed by atoms with Crippen LogP contribution in [0, 0.1) is 6.92 Å². The Balaban J connectivity index is 1.93. The van der Waals surface area contributed by atoms with Gasteiger partial charge in [0, 0.05) is 5.92 Å². The fourth-order valence-electron chi connectivity index (χ4n) is 5.26. The summed E-state index contributed by atoms with van der Waals surface area (Å²) in [5, 5.41) is 1.63. The van der Waals surface area contributed by atoms with E-state index in [0.29, 0.717) is 17.6 Å². The molecule has 0 spiro atoms. The molecule has 2 aliphatic rings. The number of hydrogen-bond acceptors (Lipinski definition) is 1. The van der Waals surface area contributed by atoms with Crippen molar-refractivity contribution < 1.29 is 4.74 Å². The molecule has 0 unspecified atom stereocenters.